The summed E-state index contributed by atoms with van der Waals surface area (Å²) in [7, 11) is -5.08. The molecule has 0 aliphatic carbocycles. The smallest absolute Gasteiger partial charge is 0.394 e. The van der Waals surface area contributed by atoms with E-state index in [1.165, 1.54) is 154 Å². The first-order valence-electron chi connectivity index (χ1n) is 26.6. The first-order chi connectivity index (χ1) is 31.0. The number of ether oxygens (including phenoxy) is 2. The minimum absolute atomic E-state index is 0.237. The van der Waals surface area contributed by atoms with E-state index in [0.29, 0.717) is 12.8 Å². The van der Waals surface area contributed by atoms with Crippen LogP contribution in [-0.2, 0) is 28.9 Å². The van der Waals surface area contributed by atoms with E-state index in [4.69, 9.17) is 9.47 Å². The van der Waals surface area contributed by atoms with Crippen molar-refractivity contribution in [2.45, 2.75) is 294 Å². The molecule has 1 heterocycles. The fourth-order valence-electron chi connectivity index (χ4n) is 8.69. The largest absolute Gasteiger partial charge is 0.397 e. The zero-order valence-electron chi connectivity index (χ0n) is 40.9. The van der Waals surface area contributed by atoms with Gasteiger partial charge in [0.05, 0.1) is 25.4 Å². The number of aliphatic hydroxyl groups is 4. The van der Waals surface area contributed by atoms with Crippen LogP contribution in [0.2, 0.25) is 0 Å². The van der Waals surface area contributed by atoms with Gasteiger partial charge in [-0.15, -0.1) is 0 Å². The zero-order chi connectivity index (χ0) is 46.9. The number of amides is 1. The monoisotopic (exact) mass is 934 g/mol. The predicted molar refractivity (Wildman–Crippen MR) is 259 cm³/mol. The zero-order valence-corrected chi connectivity index (χ0v) is 41.7. The molecule has 1 aliphatic heterocycles. The molecule has 1 saturated heterocycles. The first-order valence-corrected chi connectivity index (χ1v) is 27.9. The Morgan fingerprint density at radius 2 is 1.00 bits per heavy atom. The average Bonchev–Trinajstić information content (AvgIpc) is 3.27. The molecule has 0 saturated carbocycles. The quantitative estimate of drug-likeness (QED) is 0.0193. The molecule has 1 amide bonds. The van der Waals surface area contributed by atoms with Crippen LogP contribution in [0.5, 0.6) is 0 Å². The van der Waals surface area contributed by atoms with E-state index in [1.807, 2.05) is 0 Å². The minimum Gasteiger partial charge on any atom is -0.394 e. The fourth-order valence-corrected chi connectivity index (χ4v) is 9.20. The van der Waals surface area contributed by atoms with E-state index in [1.54, 1.807) is 0 Å². The summed E-state index contributed by atoms with van der Waals surface area (Å²) in [6.45, 7) is 3.44. The van der Waals surface area contributed by atoms with Crippen molar-refractivity contribution < 1.29 is 51.8 Å². The van der Waals surface area contributed by atoms with Gasteiger partial charge in [0.1, 0.15) is 24.4 Å². The van der Waals surface area contributed by atoms with Crippen LogP contribution in [-0.4, -0.2) is 95.4 Å². The summed E-state index contributed by atoms with van der Waals surface area (Å²) < 4.78 is 47.7. The standard InChI is InChI=1S/C51H99NO11S/c1-3-5-7-9-11-13-15-17-18-19-20-21-22-23-24-25-26-27-28-29-30-32-34-36-38-40-45(54)44(52-47(55)41-39-37-35-33-31-16-14-12-10-8-6-4-2)43-61-51-49(57)50(63-64(58,59)60)48(56)46(42-53)62-51/h12,14,44-46,48-51,53-54,56-57H,3-11,13,15-43H2,1-2H3,(H,52,55)(H,58,59,60)/b14-12-. The summed E-state index contributed by atoms with van der Waals surface area (Å²) in [4.78, 5) is 13.0. The van der Waals surface area contributed by atoms with Gasteiger partial charge < -0.3 is 35.2 Å². The second-order valence-electron chi connectivity index (χ2n) is 18.8. The number of nitrogens with one attached hydrogen (secondary N) is 1. The van der Waals surface area contributed by atoms with Crippen LogP contribution >= 0.6 is 0 Å². The summed E-state index contributed by atoms with van der Waals surface area (Å²) in [6, 6.07) is -0.859. The molecule has 0 aromatic rings. The highest BCUT2D eigenvalue weighted by molar-refractivity contribution is 7.80. The van der Waals surface area contributed by atoms with Crippen molar-refractivity contribution in [2.24, 2.45) is 0 Å². The summed E-state index contributed by atoms with van der Waals surface area (Å²) in [5.74, 6) is -0.237. The van der Waals surface area contributed by atoms with Crippen molar-refractivity contribution in [3.05, 3.63) is 12.2 Å². The van der Waals surface area contributed by atoms with Crippen LogP contribution in [0.3, 0.4) is 0 Å². The Labute approximate surface area is 391 Å². The molecule has 0 radical (unpaired) electrons. The van der Waals surface area contributed by atoms with Crippen LogP contribution in [0.15, 0.2) is 12.2 Å². The SMILES string of the molecule is CCCCC/C=C\CCCCCCCC(=O)NC(COC1OC(CO)C(O)C(OS(=O)(=O)O)C1O)C(O)CCCCCCCCCCCCCCCCCCCCCCCCCCC. The molecule has 13 heteroatoms. The van der Waals surface area contributed by atoms with Gasteiger partial charge in [-0.3, -0.25) is 9.35 Å². The van der Waals surface area contributed by atoms with Crippen molar-refractivity contribution in [1.29, 1.82) is 0 Å². The van der Waals surface area contributed by atoms with E-state index < -0.39 is 59.9 Å². The third-order valence-corrected chi connectivity index (χ3v) is 13.3. The predicted octanol–water partition coefficient (Wildman–Crippen LogP) is 11.5. The summed E-state index contributed by atoms with van der Waals surface area (Å²) in [5, 5.41) is 44.9. The molecule has 0 aromatic carbocycles. The molecule has 12 nitrogen and oxygen atoms in total. The lowest BCUT2D eigenvalue weighted by Gasteiger charge is -2.41. The van der Waals surface area contributed by atoms with Crippen molar-refractivity contribution >= 4 is 16.3 Å². The molecule has 0 bridgehead atoms. The molecule has 0 spiro atoms. The van der Waals surface area contributed by atoms with Gasteiger partial charge in [0.2, 0.25) is 5.91 Å². The van der Waals surface area contributed by atoms with Crippen LogP contribution in [0.4, 0.5) is 0 Å². The second-order valence-corrected chi connectivity index (χ2v) is 19.9. The van der Waals surface area contributed by atoms with Gasteiger partial charge in [0.15, 0.2) is 6.29 Å². The van der Waals surface area contributed by atoms with Gasteiger partial charge in [-0.2, -0.15) is 8.42 Å². The lowest BCUT2D eigenvalue weighted by Crippen LogP contribution is -2.61. The number of carbonyl (C=O) groups excluding carboxylic acids is 1. The van der Waals surface area contributed by atoms with E-state index in [0.717, 1.165) is 64.2 Å². The lowest BCUT2D eigenvalue weighted by atomic mass is 9.99. The minimum atomic E-state index is -5.08. The number of carbonyl (C=O) groups is 1. The Kier molecular flexibility index (Phi) is 39.9. The average molecular weight is 934 g/mol. The molecule has 1 fully saturated rings. The van der Waals surface area contributed by atoms with Crippen LogP contribution in [0.25, 0.3) is 0 Å². The highest BCUT2D eigenvalue weighted by Crippen LogP contribution is 2.26. The molecule has 380 valence electrons. The summed E-state index contributed by atoms with van der Waals surface area (Å²) in [5.41, 5.74) is 0. The van der Waals surface area contributed by atoms with Gasteiger partial charge in [-0.1, -0.05) is 219 Å². The van der Waals surface area contributed by atoms with E-state index in [2.05, 4.69) is 35.5 Å². The maximum Gasteiger partial charge on any atom is 0.397 e. The fraction of sp³-hybridized carbons (Fsp3) is 0.941. The second kappa shape index (κ2) is 42.0. The van der Waals surface area contributed by atoms with Gasteiger partial charge in [-0.25, -0.2) is 4.18 Å². The highest BCUT2D eigenvalue weighted by atomic mass is 32.3. The number of allylic oxidation sites excluding steroid dienone is 2. The van der Waals surface area contributed by atoms with Gasteiger partial charge in [0.25, 0.3) is 0 Å². The third kappa shape index (κ3) is 34.2. The Morgan fingerprint density at radius 1 is 0.609 bits per heavy atom. The molecule has 1 rings (SSSR count). The number of rotatable bonds is 46. The molecule has 64 heavy (non-hydrogen) atoms. The Hall–Kier alpha value is -1.16. The molecule has 0 aromatic heterocycles. The van der Waals surface area contributed by atoms with Crippen molar-refractivity contribution in [1.82, 2.24) is 5.32 Å². The third-order valence-electron chi connectivity index (χ3n) is 12.8. The van der Waals surface area contributed by atoms with E-state index >= 15 is 0 Å². The van der Waals surface area contributed by atoms with E-state index in [-0.39, 0.29) is 18.9 Å². The first kappa shape index (κ1) is 60.9. The molecular formula is C51H99NO11S. The van der Waals surface area contributed by atoms with Gasteiger partial charge >= 0.3 is 10.4 Å². The molecule has 7 unspecified atom stereocenters. The maximum atomic E-state index is 13.0. The number of hydrogen-bond donors (Lipinski definition) is 6. The Bertz CT molecular complexity index is 1190. The van der Waals surface area contributed by atoms with Crippen molar-refractivity contribution in [3.8, 4) is 0 Å². The number of hydrogen-bond acceptors (Lipinski definition) is 10. The van der Waals surface area contributed by atoms with Crippen molar-refractivity contribution in [2.75, 3.05) is 13.2 Å². The lowest BCUT2D eigenvalue weighted by molar-refractivity contribution is -0.298. The Morgan fingerprint density at radius 3 is 1.44 bits per heavy atom. The molecule has 1 aliphatic rings. The number of aliphatic hydroxyl groups excluding tert-OH is 4. The van der Waals surface area contributed by atoms with Gasteiger partial charge in [-0.05, 0) is 38.5 Å². The number of unbranched alkanes of at least 4 members (excludes halogenated alkanes) is 32. The van der Waals surface area contributed by atoms with E-state index in [9.17, 15) is 38.2 Å². The maximum absolute atomic E-state index is 13.0. The molecule has 6 N–H and O–H groups in total. The van der Waals surface area contributed by atoms with Crippen LogP contribution in [0, 0.1) is 0 Å². The summed E-state index contributed by atoms with van der Waals surface area (Å²) in [6.07, 6.45) is 39.4. The topological polar surface area (TPSA) is 192 Å². The Balaban J connectivity index is 2.34. The van der Waals surface area contributed by atoms with Crippen molar-refractivity contribution in [3.63, 3.8) is 0 Å². The van der Waals surface area contributed by atoms with Crippen LogP contribution in [0.1, 0.15) is 251 Å². The van der Waals surface area contributed by atoms with Crippen LogP contribution < -0.4 is 5.32 Å². The highest BCUT2D eigenvalue weighted by Gasteiger charge is 2.48. The summed E-state index contributed by atoms with van der Waals surface area (Å²) >= 11 is 0. The normalized spacial score (nSPS) is 20.3. The van der Waals surface area contributed by atoms with Gasteiger partial charge in [0, 0.05) is 6.42 Å². The molecule has 7 atom stereocenters. The molecular weight excluding hydrogens is 835 g/mol.